The van der Waals surface area contributed by atoms with E-state index in [2.05, 4.69) is 10.6 Å². The second-order valence-electron chi connectivity index (χ2n) is 6.31. The maximum absolute atomic E-state index is 12.5. The number of urea groups is 1. The third kappa shape index (κ3) is 3.28. The molecule has 1 aliphatic rings. The number of hydrogen-bond donors (Lipinski definition) is 2. The molecule has 0 radical (unpaired) electrons. The Labute approximate surface area is 161 Å². The van der Waals surface area contributed by atoms with Gasteiger partial charge in [-0.2, -0.15) is 0 Å². The zero-order valence-corrected chi connectivity index (χ0v) is 16.7. The summed E-state index contributed by atoms with van der Waals surface area (Å²) in [5.41, 5.74) is 4.23. The maximum atomic E-state index is 12.5. The number of thiophene rings is 1. The first kappa shape index (κ1) is 18.9. The fourth-order valence-electron chi connectivity index (χ4n) is 3.09. The van der Waals surface area contributed by atoms with Gasteiger partial charge in [0, 0.05) is 16.3 Å². The minimum Gasteiger partial charge on any atom is -0.462 e. The average Bonchev–Trinajstić information content (AvgIpc) is 3.15. The van der Waals surface area contributed by atoms with Crippen LogP contribution >= 0.6 is 11.3 Å². The molecule has 0 spiro atoms. The highest BCUT2D eigenvalue weighted by atomic mass is 32.1. The van der Waals surface area contributed by atoms with Gasteiger partial charge in [-0.25, -0.2) is 9.59 Å². The summed E-state index contributed by atoms with van der Waals surface area (Å²) in [6.45, 7) is 9.82. The Hall–Kier alpha value is -2.87. The van der Waals surface area contributed by atoms with E-state index in [4.69, 9.17) is 4.74 Å². The topological polar surface area (TPSA) is 89.4 Å². The zero-order chi connectivity index (χ0) is 19.9. The molecule has 1 aliphatic heterocycles. The molecule has 27 heavy (non-hydrogen) atoms. The number of hydrogen-bond acceptors (Lipinski definition) is 5. The van der Waals surface area contributed by atoms with Crippen LogP contribution in [-0.4, -0.2) is 29.1 Å². The van der Waals surface area contributed by atoms with Crippen LogP contribution in [0.1, 0.15) is 44.7 Å². The van der Waals surface area contributed by atoms with Crippen LogP contribution in [0.25, 0.3) is 11.1 Å². The van der Waals surface area contributed by atoms with Crippen molar-refractivity contribution in [3.63, 3.8) is 0 Å². The van der Waals surface area contributed by atoms with Crippen LogP contribution < -0.4 is 10.6 Å². The molecular formula is C19H21N3O4S. The molecule has 3 heterocycles. The number of imide groups is 1. The van der Waals surface area contributed by atoms with E-state index >= 15 is 0 Å². The van der Waals surface area contributed by atoms with Gasteiger partial charge >= 0.3 is 12.0 Å². The first-order valence-electron chi connectivity index (χ1n) is 8.55. The van der Waals surface area contributed by atoms with Crippen LogP contribution in [0.3, 0.4) is 0 Å². The molecule has 3 rings (SSSR count). The van der Waals surface area contributed by atoms with Crippen molar-refractivity contribution in [2.45, 2.75) is 34.6 Å². The molecule has 0 bridgehead atoms. The minimum absolute atomic E-state index is 0.199. The van der Waals surface area contributed by atoms with Crippen LogP contribution in [0.5, 0.6) is 0 Å². The first-order valence-corrected chi connectivity index (χ1v) is 9.36. The summed E-state index contributed by atoms with van der Waals surface area (Å²) in [5.74, 6) is -0.802. The monoisotopic (exact) mass is 387 g/mol. The van der Waals surface area contributed by atoms with E-state index in [9.17, 15) is 14.4 Å². The number of carbonyl (C=O) groups is 3. The highest BCUT2D eigenvalue weighted by Gasteiger charge is 2.26. The zero-order valence-electron chi connectivity index (χ0n) is 15.9. The lowest BCUT2D eigenvalue weighted by atomic mass is 10.1. The molecule has 7 nitrogen and oxygen atoms in total. The molecule has 0 aliphatic carbocycles. The summed E-state index contributed by atoms with van der Waals surface area (Å²) in [6.07, 6.45) is 1.64. The predicted octanol–water partition coefficient (Wildman–Crippen LogP) is 3.13. The van der Waals surface area contributed by atoms with Crippen molar-refractivity contribution in [1.29, 1.82) is 0 Å². The van der Waals surface area contributed by atoms with E-state index in [-0.39, 0.29) is 11.7 Å². The van der Waals surface area contributed by atoms with E-state index in [1.807, 2.05) is 38.3 Å². The molecular weight excluding hydrogens is 366 g/mol. The number of nitrogens with one attached hydrogen (secondary N) is 2. The molecule has 0 saturated carbocycles. The molecule has 2 N–H and O–H groups in total. The predicted molar refractivity (Wildman–Crippen MR) is 103 cm³/mol. The van der Waals surface area contributed by atoms with E-state index in [0.29, 0.717) is 12.2 Å². The lowest BCUT2D eigenvalue weighted by molar-refractivity contribution is -0.115. The fourth-order valence-corrected chi connectivity index (χ4v) is 4.35. The van der Waals surface area contributed by atoms with Crippen molar-refractivity contribution in [3.05, 3.63) is 44.7 Å². The molecule has 2 aromatic rings. The summed E-state index contributed by atoms with van der Waals surface area (Å²) in [6, 6.07) is 1.38. The number of carbonyl (C=O) groups excluding carboxylic acids is 3. The minimum atomic E-state index is -0.533. The number of nitrogens with zero attached hydrogens (tertiary/aromatic N) is 1. The molecule has 1 fully saturated rings. The summed E-state index contributed by atoms with van der Waals surface area (Å²) < 4.78 is 7.23. The Balaban J connectivity index is 2.13. The van der Waals surface area contributed by atoms with E-state index < -0.39 is 11.9 Å². The Morgan fingerprint density at radius 1 is 1.22 bits per heavy atom. The highest BCUT2D eigenvalue weighted by molar-refractivity contribution is 7.15. The second kappa shape index (κ2) is 7.03. The smallest absolute Gasteiger partial charge is 0.341 e. The van der Waals surface area contributed by atoms with Crippen molar-refractivity contribution in [1.82, 2.24) is 15.2 Å². The van der Waals surface area contributed by atoms with Gasteiger partial charge in [0.2, 0.25) is 0 Å². The van der Waals surface area contributed by atoms with Gasteiger partial charge in [-0.3, -0.25) is 10.1 Å². The van der Waals surface area contributed by atoms with Crippen molar-refractivity contribution in [2.75, 3.05) is 6.61 Å². The van der Waals surface area contributed by atoms with Crippen molar-refractivity contribution in [2.24, 2.45) is 0 Å². The standard InChI is InChI=1S/C19H21N3O4S/c1-6-26-18(24)15-10(3)12(5)27-17(15)22-9(2)7-13(11(22)4)8-14-16(23)21-19(25)20-14/h7-8H,6H2,1-5H3,(H2,20,21,23,25)/b14-8-. The maximum Gasteiger partial charge on any atom is 0.341 e. The molecule has 0 unspecified atom stereocenters. The van der Waals surface area contributed by atoms with Crippen LogP contribution in [0.4, 0.5) is 4.79 Å². The lowest BCUT2D eigenvalue weighted by Gasteiger charge is -2.11. The van der Waals surface area contributed by atoms with Crippen LogP contribution in [-0.2, 0) is 9.53 Å². The number of aryl methyl sites for hydroxylation is 2. The number of rotatable bonds is 4. The highest BCUT2D eigenvalue weighted by Crippen LogP contribution is 2.35. The molecule has 3 amide bonds. The van der Waals surface area contributed by atoms with Gasteiger partial charge < -0.3 is 14.6 Å². The SMILES string of the molecule is CCOC(=O)c1c(-n2c(C)cc(/C=C3\NC(=O)NC3=O)c2C)sc(C)c1C. The quantitative estimate of drug-likeness (QED) is 0.479. The largest absolute Gasteiger partial charge is 0.462 e. The Bertz CT molecular complexity index is 997. The lowest BCUT2D eigenvalue weighted by Crippen LogP contribution is -2.22. The number of amides is 3. The van der Waals surface area contributed by atoms with Crippen molar-refractivity contribution < 1.29 is 19.1 Å². The Kier molecular flexibility index (Phi) is 4.93. The fraction of sp³-hybridized carbons (Fsp3) is 0.316. The summed E-state index contributed by atoms with van der Waals surface area (Å²) in [4.78, 5) is 36.7. The third-order valence-corrected chi connectivity index (χ3v) is 5.73. The number of esters is 1. The average molecular weight is 387 g/mol. The number of aromatic nitrogens is 1. The van der Waals surface area contributed by atoms with Gasteiger partial charge in [-0.05, 0) is 57.9 Å². The van der Waals surface area contributed by atoms with Gasteiger partial charge in [-0.1, -0.05) is 0 Å². The van der Waals surface area contributed by atoms with Crippen LogP contribution in [0.15, 0.2) is 11.8 Å². The van der Waals surface area contributed by atoms with Crippen LogP contribution in [0, 0.1) is 27.7 Å². The third-order valence-electron chi connectivity index (χ3n) is 4.54. The van der Waals surface area contributed by atoms with Crippen molar-refractivity contribution in [3.8, 4) is 5.00 Å². The van der Waals surface area contributed by atoms with E-state index in [1.165, 1.54) is 11.3 Å². The summed E-state index contributed by atoms with van der Waals surface area (Å²) in [5, 5.41) is 5.47. The number of ether oxygens (including phenoxy) is 1. The van der Waals surface area contributed by atoms with Gasteiger partial charge in [0.05, 0.1) is 12.2 Å². The van der Waals surface area contributed by atoms with Gasteiger partial charge in [0.1, 0.15) is 10.7 Å². The van der Waals surface area contributed by atoms with Gasteiger partial charge in [0.25, 0.3) is 5.91 Å². The molecule has 1 saturated heterocycles. The van der Waals surface area contributed by atoms with E-state index in [0.717, 1.165) is 32.4 Å². The normalized spacial score (nSPS) is 15.2. The molecule has 0 atom stereocenters. The first-order chi connectivity index (χ1) is 12.7. The van der Waals surface area contributed by atoms with E-state index in [1.54, 1.807) is 13.0 Å². The molecule has 142 valence electrons. The Morgan fingerprint density at radius 2 is 1.93 bits per heavy atom. The van der Waals surface area contributed by atoms with Crippen LogP contribution in [0.2, 0.25) is 0 Å². The second-order valence-corrected chi connectivity index (χ2v) is 7.52. The summed E-state index contributed by atoms with van der Waals surface area (Å²) >= 11 is 1.53. The Morgan fingerprint density at radius 3 is 2.52 bits per heavy atom. The molecule has 2 aromatic heterocycles. The van der Waals surface area contributed by atoms with Crippen molar-refractivity contribution >= 4 is 35.3 Å². The molecule has 8 heteroatoms. The van der Waals surface area contributed by atoms with Gasteiger partial charge in [0.15, 0.2) is 0 Å². The van der Waals surface area contributed by atoms with Gasteiger partial charge in [-0.15, -0.1) is 11.3 Å². The molecule has 0 aromatic carbocycles. The summed E-state index contributed by atoms with van der Waals surface area (Å²) in [7, 11) is 0.